The van der Waals surface area contributed by atoms with Gasteiger partial charge in [-0.1, -0.05) is 68.7 Å². The van der Waals surface area contributed by atoms with Gasteiger partial charge in [0.15, 0.2) is 11.5 Å². The molecular formula is C21H22N4. The van der Waals surface area contributed by atoms with Crippen molar-refractivity contribution in [3.63, 3.8) is 0 Å². The molecule has 2 aromatic carbocycles. The molecular weight excluding hydrogens is 308 g/mol. The van der Waals surface area contributed by atoms with Gasteiger partial charge in [0, 0.05) is 17.4 Å². The van der Waals surface area contributed by atoms with E-state index >= 15 is 0 Å². The number of benzene rings is 2. The highest BCUT2D eigenvalue weighted by Crippen LogP contribution is 2.23. The van der Waals surface area contributed by atoms with Crippen molar-refractivity contribution in [1.29, 1.82) is 0 Å². The van der Waals surface area contributed by atoms with Crippen molar-refractivity contribution in [1.82, 2.24) is 19.6 Å². The predicted octanol–water partition coefficient (Wildman–Crippen LogP) is 5.07. The van der Waals surface area contributed by atoms with Crippen LogP contribution < -0.4 is 0 Å². The Kier molecular flexibility index (Phi) is 4.42. The fraction of sp³-hybridized carbons (Fsp3) is 0.286. The first-order valence-electron chi connectivity index (χ1n) is 9.06. The third kappa shape index (κ3) is 3.12. The topological polar surface area (TPSA) is 43.1 Å². The van der Waals surface area contributed by atoms with Crippen LogP contribution in [0.3, 0.4) is 0 Å². The zero-order valence-corrected chi connectivity index (χ0v) is 14.5. The van der Waals surface area contributed by atoms with Gasteiger partial charge in [0.1, 0.15) is 5.82 Å². The molecule has 0 spiro atoms. The number of para-hydroxylation sites is 1. The molecule has 4 aromatic rings. The minimum absolute atomic E-state index is 0.758. The fourth-order valence-electron chi connectivity index (χ4n) is 3.19. The number of aryl methyl sites for hydroxylation is 1. The second kappa shape index (κ2) is 7.01. The Morgan fingerprint density at radius 3 is 2.48 bits per heavy atom. The van der Waals surface area contributed by atoms with Crippen LogP contribution in [0, 0.1) is 0 Å². The van der Waals surface area contributed by atoms with E-state index in [-0.39, 0.29) is 0 Å². The average molecular weight is 330 g/mol. The van der Waals surface area contributed by atoms with E-state index in [4.69, 9.17) is 15.1 Å². The van der Waals surface area contributed by atoms with Crippen LogP contribution in [0.25, 0.3) is 27.9 Å². The molecule has 0 aliphatic rings. The number of hydrogen-bond donors (Lipinski definition) is 0. The van der Waals surface area contributed by atoms with Crippen LogP contribution in [0.15, 0.2) is 54.6 Å². The van der Waals surface area contributed by atoms with Gasteiger partial charge in [-0.2, -0.15) is 4.52 Å². The standard InChI is InChI=1S/C21H22N4/c1-2-3-4-8-15-19-22-18-14-10-9-13-17(18)21-23-20(24-25(19)21)16-11-6-5-7-12-16/h5-7,9-14H,2-4,8,15H2,1H3. The highest BCUT2D eigenvalue weighted by atomic mass is 15.3. The van der Waals surface area contributed by atoms with E-state index in [1.165, 1.54) is 19.3 Å². The van der Waals surface area contributed by atoms with Crippen LogP contribution in [0.1, 0.15) is 38.4 Å². The molecule has 25 heavy (non-hydrogen) atoms. The van der Waals surface area contributed by atoms with E-state index in [0.717, 1.165) is 46.6 Å². The molecule has 4 heteroatoms. The molecule has 0 saturated carbocycles. The maximum Gasteiger partial charge on any atom is 0.182 e. The van der Waals surface area contributed by atoms with Crippen LogP contribution in [-0.4, -0.2) is 19.6 Å². The normalized spacial score (nSPS) is 11.4. The Morgan fingerprint density at radius 1 is 0.840 bits per heavy atom. The first-order valence-corrected chi connectivity index (χ1v) is 9.06. The van der Waals surface area contributed by atoms with Gasteiger partial charge in [-0.15, -0.1) is 5.10 Å². The quantitative estimate of drug-likeness (QED) is 0.464. The largest absolute Gasteiger partial charge is 0.233 e. The van der Waals surface area contributed by atoms with Crippen molar-refractivity contribution in [2.75, 3.05) is 0 Å². The smallest absolute Gasteiger partial charge is 0.182 e. The van der Waals surface area contributed by atoms with E-state index in [1.54, 1.807) is 0 Å². The number of unbranched alkanes of at least 4 members (excludes halogenated alkanes) is 3. The zero-order valence-electron chi connectivity index (χ0n) is 14.5. The van der Waals surface area contributed by atoms with Crippen molar-refractivity contribution in [2.24, 2.45) is 0 Å². The van der Waals surface area contributed by atoms with Crippen molar-refractivity contribution >= 4 is 16.6 Å². The average Bonchev–Trinajstić information content (AvgIpc) is 3.12. The Balaban J connectivity index is 1.83. The molecule has 0 unspecified atom stereocenters. The van der Waals surface area contributed by atoms with Crippen molar-refractivity contribution in [2.45, 2.75) is 39.0 Å². The first kappa shape index (κ1) is 15.8. The molecule has 0 amide bonds. The monoisotopic (exact) mass is 330 g/mol. The Morgan fingerprint density at radius 2 is 1.64 bits per heavy atom. The number of hydrogen-bond acceptors (Lipinski definition) is 3. The van der Waals surface area contributed by atoms with E-state index < -0.39 is 0 Å². The molecule has 4 nitrogen and oxygen atoms in total. The van der Waals surface area contributed by atoms with Crippen LogP contribution >= 0.6 is 0 Å². The van der Waals surface area contributed by atoms with Crippen LogP contribution in [0.4, 0.5) is 0 Å². The van der Waals surface area contributed by atoms with Crippen molar-refractivity contribution in [3.8, 4) is 11.4 Å². The number of fused-ring (bicyclic) bond motifs is 3. The van der Waals surface area contributed by atoms with Gasteiger partial charge in [-0.3, -0.25) is 0 Å². The molecule has 0 N–H and O–H groups in total. The summed E-state index contributed by atoms with van der Waals surface area (Å²) in [6.07, 6.45) is 5.80. The fourth-order valence-corrected chi connectivity index (χ4v) is 3.19. The van der Waals surface area contributed by atoms with Crippen molar-refractivity contribution in [3.05, 3.63) is 60.4 Å². The molecule has 0 aliphatic carbocycles. The zero-order chi connectivity index (χ0) is 17.1. The summed E-state index contributed by atoms with van der Waals surface area (Å²) in [5.41, 5.74) is 2.93. The lowest BCUT2D eigenvalue weighted by Gasteiger charge is -2.06. The predicted molar refractivity (Wildman–Crippen MR) is 102 cm³/mol. The summed E-state index contributed by atoms with van der Waals surface area (Å²) in [5.74, 6) is 1.76. The summed E-state index contributed by atoms with van der Waals surface area (Å²) in [4.78, 5) is 9.70. The maximum absolute atomic E-state index is 4.87. The molecule has 0 fully saturated rings. The number of nitrogens with zero attached hydrogens (tertiary/aromatic N) is 4. The van der Waals surface area contributed by atoms with Gasteiger partial charge in [-0.05, 0) is 18.6 Å². The minimum Gasteiger partial charge on any atom is -0.233 e. The minimum atomic E-state index is 0.758. The van der Waals surface area contributed by atoms with E-state index in [1.807, 2.05) is 47.0 Å². The second-order valence-corrected chi connectivity index (χ2v) is 6.39. The van der Waals surface area contributed by atoms with Gasteiger partial charge < -0.3 is 0 Å². The van der Waals surface area contributed by atoms with Gasteiger partial charge in [-0.25, -0.2) is 9.97 Å². The Labute approximate surface area is 147 Å². The van der Waals surface area contributed by atoms with Crippen LogP contribution in [0.5, 0.6) is 0 Å². The molecule has 0 atom stereocenters. The molecule has 0 bridgehead atoms. The van der Waals surface area contributed by atoms with Crippen molar-refractivity contribution < 1.29 is 0 Å². The second-order valence-electron chi connectivity index (χ2n) is 6.39. The lowest BCUT2D eigenvalue weighted by atomic mass is 10.1. The summed E-state index contributed by atoms with van der Waals surface area (Å²) in [5, 5.41) is 5.83. The lowest BCUT2D eigenvalue weighted by molar-refractivity contribution is 0.642. The molecule has 4 rings (SSSR count). The summed E-state index contributed by atoms with van der Waals surface area (Å²) in [6, 6.07) is 18.3. The Bertz CT molecular complexity index is 989. The third-order valence-electron chi connectivity index (χ3n) is 4.53. The van der Waals surface area contributed by atoms with E-state index in [9.17, 15) is 0 Å². The number of aromatic nitrogens is 4. The van der Waals surface area contributed by atoms with Crippen LogP contribution in [-0.2, 0) is 6.42 Å². The van der Waals surface area contributed by atoms with E-state index in [0.29, 0.717) is 0 Å². The van der Waals surface area contributed by atoms with Gasteiger partial charge in [0.25, 0.3) is 0 Å². The number of rotatable bonds is 6. The lowest BCUT2D eigenvalue weighted by Crippen LogP contribution is -2.04. The maximum atomic E-state index is 4.87. The first-order chi connectivity index (χ1) is 12.4. The third-order valence-corrected chi connectivity index (χ3v) is 4.53. The molecule has 2 aromatic heterocycles. The summed E-state index contributed by atoms with van der Waals surface area (Å²) < 4.78 is 1.94. The summed E-state index contributed by atoms with van der Waals surface area (Å²) >= 11 is 0. The van der Waals surface area contributed by atoms with E-state index in [2.05, 4.69) is 19.1 Å². The summed E-state index contributed by atoms with van der Waals surface area (Å²) in [6.45, 7) is 2.23. The van der Waals surface area contributed by atoms with Gasteiger partial charge in [0.2, 0.25) is 0 Å². The van der Waals surface area contributed by atoms with Crippen LogP contribution in [0.2, 0.25) is 0 Å². The Hall–Kier alpha value is -2.75. The highest BCUT2D eigenvalue weighted by Gasteiger charge is 2.13. The SMILES string of the molecule is CCCCCCc1nc2ccccc2c2nc(-c3ccccc3)nn12. The van der Waals surface area contributed by atoms with Gasteiger partial charge in [0.05, 0.1) is 5.52 Å². The molecule has 0 saturated heterocycles. The highest BCUT2D eigenvalue weighted by molar-refractivity contribution is 5.91. The summed E-state index contributed by atoms with van der Waals surface area (Å²) in [7, 11) is 0. The molecule has 0 aliphatic heterocycles. The molecule has 0 radical (unpaired) electrons. The molecule has 126 valence electrons. The van der Waals surface area contributed by atoms with Gasteiger partial charge >= 0.3 is 0 Å². The molecule has 2 heterocycles.